The highest BCUT2D eigenvalue weighted by Gasteiger charge is 2.22. The van der Waals surface area contributed by atoms with E-state index >= 15 is 0 Å². The van der Waals surface area contributed by atoms with E-state index in [0.717, 1.165) is 5.56 Å². The summed E-state index contributed by atoms with van der Waals surface area (Å²) in [6.07, 6.45) is 0. The van der Waals surface area contributed by atoms with Crippen molar-refractivity contribution in [3.05, 3.63) is 96.7 Å². The molecule has 0 aliphatic rings. The highest BCUT2D eigenvalue weighted by Crippen LogP contribution is 2.26. The highest BCUT2D eigenvalue weighted by molar-refractivity contribution is 5.63. The van der Waals surface area contributed by atoms with Gasteiger partial charge in [-0.3, -0.25) is 24.5 Å². The van der Waals surface area contributed by atoms with E-state index in [0.29, 0.717) is 5.56 Å². The molecule has 0 unspecified atom stereocenters. The number of hydrogen-bond acceptors (Lipinski definition) is 7. The summed E-state index contributed by atoms with van der Waals surface area (Å²) in [6, 6.07) is 15.6. The van der Waals surface area contributed by atoms with Crippen LogP contribution in [0.25, 0.3) is 0 Å². The molecule has 0 radical (unpaired) electrons. The minimum Gasteiger partial charge on any atom is -0.383 e. The first-order valence-electron chi connectivity index (χ1n) is 9.55. The predicted molar refractivity (Wildman–Crippen MR) is 117 cm³/mol. The maximum Gasteiger partial charge on any atom is 0.330 e. The van der Waals surface area contributed by atoms with E-state index in [2.05, 4.69) is 4.98 Å². The van der Waals surface area contributed by atoms with E-state index in [9.17, 15) is 19.7 Å². The second-order valence-electron chi connectivity index (χ2n) is 6.87. The number of nitro benzene ring substituents is 1. The summed E-state index contributed by atoms with van der Waals surface area (Å²) in [4.78, 5) is 40.0. The predicted octanol–water partition coefficient (Wildman–Crippen LogP) is 1.88. The Labute approximate surface area is 177 Å². The zero-order valence-electron chi connectivity index (χ0n) is 17.0. The number of nitrogens with two attached hydrogens (primary N) is 1. The number of hydrogen-bond donors (Lipinski definition) is 2. The molecule has 1 heterocycles. The minimum atomic E-state index is -0.661. The number of aromatic nitrogens is 2. The van der Waals surface area contributed by atoms with Gasteiger partial charge in [0.15, 0.2) is 0 Å². The topological polar surface area (TPSA) is 136 Å². The second kappa shape index (κ2) is 9.72. The van der Waals surface area contributed by atoms with E-state index in [4.69, 9.17) is 10.5 Å². The number of nitrogen functional groups attached to an aromatic ring is 1. The Hall–Kier alpha value is -3.92. The molecule has 0 bridgehead atoms. The fourth-order valence-electron chi connectivity index (χ4n) is 3.33. The third-order valence-corrected chi connectivity index (χ3v) is 4.82. The van der Waals surface area contributed by atoms with E-state index in [1.165, 1.54) is 17.7 Å². The van der Waals surface area contributed by atoms with Gasteiger partial charge in [0.25, 0.3) is 11.2 Å². The molecular weight excluding hydrogens is 402 g/mol. The molecule has 0 spiro atoms. The number of para-hydroxylation sites is 1. The van der Waals surface area contributed by atoms with Gasteiger partial charge in [-0.1, -0.05) is 48.5 Å². The molecule has 162 valence electrons. The number of nitrogens with zero attached hydrogens (tertiary/aromatic N) is 3. The SMILES string of the molecule is COCCn1c(N)c(N(Cc2ccccc2)Cc2ccccc2[N+](=O)[O-])c(=O)[nH]c1=O. The highest BCUT2D eigenvalue weighted by atomic mass is 16.6. The number of benzene rings is 2. The molecule has 31 heavy (non-hydrogen) atoms. The molecule has 3 rings (SSSR count). The van der Waals surface area contributed by atoms with Crippen LogP contribution in [0.4, 0.5) is 17.2 Å². The second-order valence-corrected chi connectivity index (χ2v) is 6.87. The molecule has 0 aliphatic carbocycles. The van der Waals surface area contributed by atoms with Crippen molar-refractivity contribution in [2.45, 2.75) is 19.6 Å². The zero-order chi connectivity index (χ0) is 22.4. The summed E-state index contributed by atoms with van der Waals surface area (Å²) in [7, 11) is 1.49. The van der Waals surface area contributed by atoms with Gasteiger partial charge in [-0.15, -0.1) is 0 Å². The Kier molecular flexibility index (Phi) is 6.83. The van der Waals surface area contributed by atoms with Crippen molar-refractivity contribution in [3.63, 3.8) is 0 Å². The molecule has 3 N–H and O–H groups in total. The molecule has 0 aliphatic heterocycles. The van der Waals surface area contributed by atoms with E-state index in [1.807, 2.05) is 30.3 Å². The standard InChI is InChI=1S/C21H23N5O5/c1-31-12-11-25-19(22)18(20(27)23-21(25)28)24(13-15-7-3-2-4-8-15)14-16-9-5-6-10-17(16)26(29)30/h2-10H,11-14,22H2,1H3,(H,23,27,28). The number of ether oxygens (including phenoxy) is 1. The molecule has 0 atom stereocenters. The van der Waals surface area contributed by atoms with Crippen LogP contribution in [0.5, 0.6) is 0 Å². The van der Waals surface area contributed by atoms with Crippen LogP contribution in [-0.2, 0) is 24.4 Å². The maximum atomic E-state index is 12.8. The van der Waals surface area contributed by atoms with Crippen molar-refractivity contribution in [1.29, 1.82) is 0 Å². The Balaban J connectivity index is 2.12. The van der Waals surface area contributed by atoms with Crippen molar-refractivity contribution in [3.8, 4) is 0 Å². The number of rotatable bonds is 9. The van der Waals surface area contributed by atoms with Crippen LogP contribution in [0.15, 0.2) is 64.2 Å². The van der Waals surface area contributed by atoms with Gasteiger partial charge >= 0.3 is 5.69 Å². The lowest BCUT2D eigenvalue weighted by molar-refractivity contribution is -0.385. The average molecular weight is 425 g/mol. The van der Waals surface area contributed by atoms with Crippen molar-refractivity contribution in [2.24, 2.45) is 0 Å². The molecule has 0 amide bonds. The van der Waals surface area contributed by atoms with E-state index in [-0.39, 0.29) is 43.4 Å². The smallest absolute Gasteiger partial charge is 0.330 e. The van der Waals surface area contributed by atoms with Crippen LogP contribution in [0.3, 0.4) is 0 Å². The Bertz CT molecular complexity index is 1170. The molecule has 3 aromatic rings. The van der Waals surface area contributed by atoms with Crippen molar-refractivity contribution >= 4 is 17.2 Å². The van der Waals surface area contributed by atoms with Gasteiger partial charge in [0.2, 0.25) is 0 Å². The molecule has 2 aromatic carbocycles. The number of aromatic amines is 1. The van der Waals surface area contributed by atoms with Crippen LogP contribution >= 0.6 is 0 Å². The summed E-state index contributed by atoms with van der Waals surface area (Å²) in [5.74, 6) is -0.0275. The van der Waals surface area contributed by atoms with Crippen molar-refractivity contribution in [1.82, 2.24) is 9.55 Å². The first-order chi connectivity index (χ1) is 14.9. The maximum absolute atomic E-state index is 12.8. The molecule has 10 nitrogen and oxygen atoms in total. The lowest BCUT2D eigenvalue weighted by Crippen LogP contribution is -2.38. The van der Waals surface area contributed by atoms with Gasteiger partial charge < -0.3 is 15.4 Å². The first kappa shape index (κ1) is 21.8. The number of nitrogens with one attached hydrogen (secondary N) is 1. The van der Waals surface area contributed by atoms with Gasteiger partial charge in [0, 0.05) is 25.3 Å². The molecule has 0 saturated carbocycles. The minimum absolute atomic E-state index is 0.0275. The average Bonchev–Trinajstić information content (AvgIpc) is 2.74. The number of nitro groups is 1. The van der Waals surface area contributed by atoms with Crippen LogP contribution in [0, 0.1) is 10.1 Å². The van der Waals surface area contributed by atoms with E-state index in [1.54, 1.807) is 23.1 Å². The summed E-state index contributed by atoms with van der Waals surface area (Å²) in [6.45, 7) is 0.665. The van der Waals surface area contributed by atoms with Gasteiger partial charge in [0.05, 0.1) is 24.6 Å². The molecule has 0 saturated heterocycles. The first-order valence-corrected chi connectivity index (χ1v) is 9.55. The number of anilines is 2. The quantitative estimate of drug-likeness (QED) is 0.394. The number of methoxy groups -OCH3 is 1. The largest absolute Gasteiger partial charge is 0.383 e. The summed E-state index contributed by atoms with van der Waals surface area (Å²) >= 11 is 0. The van der Waals surface area contributed by atoms with Gasteiger partial charge in [-0.05, 0) is 5.56 Å². The molecule has 0 fully saturated rings. The third-order valence-electron chi connectivity index (χ3n) is 4.82. The normalized spacial score (nSPS) is 10.7. The summed E-state index contributed by atoms with van der Waals surface area (Å²) < 4.78 is 6.24. The Morgan fingerprint density at radius 3 is 2.45 bits per heavy atom. The monoisotopic (exact) mass is 425 g/mol. The summed E-state index contributed by atoms with van der Waals surface area (Å²) in [5.41, 5.74) is 6.22. The van der Waals surface area contributed by atoms with Gasteiger partial charge in [-0.2, -0.15) is 0 Å². The van der Waals surface area contributed by atoms with Crippen LogP contribution in [0.2, 0.25) is 0 Å². The van der Waals surface area contributed by atoms with Crippen molar-refractivity contribution in [2.75, 3.05) is 24.4 Å². The van der Waals surface area contributed by atoms with Crippen LogP contribution < -0.4 is 21.9 Å². The third kappa shape index (κ3) is 4.98. The van der Waals surface area contributed by atoms with Crippen LogP contribution in [-0.4, -0.2) is 28.2 Å². The summed E-state index contributed by atoms with van der Waals surface area (Å²) in [5, 5.41) is 11.5. The van der Waals surface area contributed by atoms with Gasteiger partial charge in [-0.25, -0.2) is 4.79 Å². The van der Waals surface area contributed by atoms with E-state index < -0.39 is 16.2 Å². The fraction of sp³-hybridized carbons (Fsp3) is 0.238. The zero-order valence-corrected chi connectivity index (χ0v) is 17.0. The van der Waals surface area contributed by atoms with Gasteiger partial charge in [0.1, 0.15) is 11.5 Å². The molecular formula is C21H23N5O5. The lowest BCUT2D eigenvalue weighted by atomic mass is 10.1. The fourth-order valence-corrected chi connectivity index (χ4v) is 3.33. The lowest BCUT2D eigenvalue weighted by Gasteiger charge is -2.26. The molecule has 1 aromatic heterocycles. The Morgan fingerprint density at radius 2 is 1.77 bits per heavy atom. The molecule has 10 heteroatoms. The Morgan fingerprint density at radius 1 is 1.10 bits per heavy atom. The number of H-pyrrole nitrogens is 1. The van der Waals surface area contributed by atoms with Crippen LogP contribution in [0.1, 0.15) is 11.1 Å². The van der Waals surface area contributed by atoms with Crippen molar-refractivity contribution < 1.29 is 9.66 Å².